The summed E-state index contributed by atoms with van der Waals surface area (Å²) >= 11 is 0. The smallest absolute Gasteiger partial charge is 0.326 e. The fourth-order valence-corrected chi connectivity index (χ4v) is 2.16. The summed E-state index contributed by atoms with van der Waals surface area (Å²) in [4.78, 5) is 36.5. The molecule has 5 nitrogen and oxygen atoms in total. The van der Waals surface area contributed by atoms with Crippen LogP contribution in [0.2, 0.25) is 0 Å². The molecule has 1 aromatic carbocycles. The number of esters is 1. The number of nitrogens with zero attached hydrogens (tertiary/aromatic N) is 1. The lowest BCUT2D eigenvalue weighted by Crippen LogP contribution is -2.35. The second-order valence-corrected chi connectivity index (χ2v) is 4.43. The number of hydrogen-bond acceptors (Lipinski definition) is 4. The molecule has 0 aromatic heterocycles. The highest BCUT2D eigenvalue weighted by Crippen LogP contribution is 2.33. The van der Waals surface area contributed by atoms with Crippen LogP contribution in [-0.2, 0) is 14.3 Å². The first-order chi connectivity index (χ1) is 8.97. The molecule has 2 rings (SSSR count). The van der Waals surface area contributed by atoms with Gasteiger partial charge in [-0.2, -0.15) is 0 Å². The molecule has 0 bridgehead atoms. The minimum Gasteiger partial charge on any atom is -0.465 e. The summed E-state index contributed by atoms with van der Waals surface area (Å²) in [6.45, 7) is 5.44. The van der Waals surface area contributed by atoms with E-state index in [1.807, 2.05) is 13.8 Å². The van der Waals surface area contributed by atoms with Crippen LogP contribution in [-0.4, -0.2) is 30.8 Å². The van der Waals surface area contributed by atoms with E-state index in [0.717, 1.165) is 11.1 Å². The summed E-state index contributed by atoms with van der Waals surface area (Å²) in [5, 5.41) is 0. The van der Waals surface area contributed by atoms with Crippen LogP contribution in [0.4, 0.5) is 5.69 Å². The summed E-state index contributed by atoms with van der Waals surface area (Å²) in [6.07, 6.45) is 0. The number of carbonyl (C=O) groups excluding carboxylic acids is 3. The molecule has 1 aliphatic heterocycles. The van der Waals surface area contributed by atoms with Crippen LogP contribution in [0, 0.1) is 13.8 Å². The number of benzene rings is 1. The zero-order chi connectivity index (χ0) is 14.2. The molecule has 1 heterocycles. The molecule has 0 N–H and O–H groups in total. The van der Waals surface area contributed by atoms with Crippen LogP contribution in [0.5, 0.6) is 0 Å². The lowest BCUT2D eigenvalue weighted by Gasteiger charge is -2.18. The third-order valence-electron chi connectivity index (χ3n) is 3.25. The molecular weight excluding hydrogens is 246 g/mol. The highest BCUT2D eigenvalue weighted by Gasteiger charge is 2.38. The molecule has 0 spiro atoms. The van der Waals surface area contributed by atoms with Gasteiger partial charge in [0.25, 0.3) is 11.7 Å². The first-order valence-electron chi connectivity index (χ1n) is 6.09. The van der Waals surface area contributed by atoms with E-state index < -0.39 is 17.7 Å². The summed E-state index contributed by atoms with van der Waals surface area (Å²) in [6, 6.07) is 3.43. The predicted molar refractivity (Wildman–Crippen MR) is 69.2 cm³/mol. The summed E-state index contributed by atoms with van der Waals surface area (Å²) in [5.74, 6) is -1.75. The normalized spacial score (nSPS) is 13.7. The summed E-state index contributed by atoms with van der Waals surface area (Å²) in [5.41, 5.74) is 2.69. The van der Waals surface area contributed by atoms with Gasteiger partial charge in [-0.05, 0) is 38.0 Å². The highest BCUT2D eigenvalue weighted by molar-refractivity contribution is 6.52. The van der Waals surface area contributed by atoms with E-state index in [1.54, 1.807) is 19.1 Å². The van der Waals surface area contributed by atoms with Crippen molar-refractivity contribution in [1.82, 2.24) is 0 Å². The van der Waals surface area contributed by atoms with Crippen LogP contribution in [0.1, 0.15) is 28.4 Å². The number of amides is 1. The molecule has 19 heavy (non-hydrogen) atoms. The van der Waals surface area contributed by atoms with Gasteiger partial charge in [0, 0.05) is 0 Å². The maximum Gasteiger partial charge on any atom is 0.326 e. The molecule has 0 saturated carbocycles. The van der Waals surface area contributed by atoms with E-state index in [-0.39, 0.29) is 13.2 Å². The minimum absolute atomic E-state index is 0.226. The number of anilines is 1. The molecule has 1 aliphatic rings. The Morgan fingerprint density at radius 1 is 1.26 bits per heavy atom. The Hall–Kier alpha value is -2.17. The number of rotatable bonds is 3. The van der Waals surface area contributed by atoms with Crippen molar-refractivity contribution in [2.45, 2.75) is 20.8 Å². The van der Waals surface area contributed by atoms with Crippen molar-refractivity contribution in [1.29, 1.82) is 0 Å². The molecule has 0 atom stereocenters. The van der Waals surface area contributed by atoms with Gasteiger partial charge in [0.1, 0.15) is 6.54 Å². The van der Waals surface area contributed by atoms with Crippen molar-refractivity contribution in [2.75, 3.05) is 18.1 Å². The molecular formula is C14H15NO4. The third-order valence-corrected chi connectivity index (χ3v) is 3.25. The molecule has 0 unspecified atom stereocenters. The number of hydrogen-bond donors (Lipinski definition) is 0. The Kier molecular flexibility index (Phi) is 3.38. The van der Waals surface area contributed by atoms with Gasteiger partial charge in [-0.25, -0.2) is 0 Å². The second-order valence-electron chi connectivity index (χ2n) is 4.43. The van der Waals surface area contributed by atoms with Gasteiger partial charge in [0.2, 0.25) is 0 Å². The second kappa shape index (κ2) is 4.84. The van der Waals surface area contributed by atoms with Crippen LogP contribution >= 0.6 is 0 Å². The molecule has 0 radical (unpaired) electrons. The van der Waals surface area contributed by atoms with E-state index in [1.165, 1.54) is 4.90 Å². The summed E-state index contributed by atoms with van der Waals surface area (Å²) in [7, 11) is 0. The Morgan fingerprint density at radius 3 is 2.58 bits per heavy atom. The lowest BCUT2D eigenvalue weighted by atomic mass is 10.0. The average molecular weight is 261 g/mol. The minimum atomic E-state index is -0.670. The maximum atomic E-state index is 11.9. The molecule has 0 saturated heterocycles. The fraction of sp³-hybridized carbons (Fsp3) is 0.357. The van der Waals surface area contributed by atoms with Crippen molar-refractivity contribution < 1.29 is 19.1 Å². The van der Waals surface area contributed by atoms with Gasteiger partial charge in [0.15, 0.2) is 0 Å². The molecule has 1 amide bonds. The van der Waals surface area contributed by atoms with E-state index in [9.17, 15) is 14.4 Å². The number of fused-ring (bicyclic) bond motifs is 1. The number of carbonyl (C=O) groups is 3. The van der Waals surface area contributed by atoms with Gasteiger partial charge in [0.05, 0.1) is 17.9 Å². The number of ketones is 1. The van der Waals surface area contributed by atoms with E-state index in [0.29, 0.717) is 11.3 Å². The van der Waals surface area contributed by atoms with Crippen molar-refractivity contribution in [3.63, 3.8) is 0 Å². The molecule has 0 fully saturated rings. The Balaban J connectivity index is 2.43. The van der Waals surface area contributed by atoms with E-state index >= 15 is 0 Å². The maximum absolute atomic E-state index is 11.9. The number of Topliss-reactive ketones (excluding diaryl/α,β-unsaturated/α-hetero) is 1. The molecule has 100 valence electrons. The predicted octanol–water partition coefficient (Wildman–Crippen LogP) is 1.40. The zero-order valence-corrected chi connectivity index (χ0v) is 11.1. The van der Waals surface area contributed by atoms with Crippen molar-refractivity contribution in [2.24, 2.45) is 0 Å². The van der Waals surface area contributed by atoms with Gasteiger partial charge >= 0.3 is 5.97 Å². The largest absolute Gasteiger partial charge is 0.465 e. The standard InChI is InChI=1S/C14H15NO4/c1-4-19-11(16)7-15-12-9(3)8(2)5-6-10(12)13(17)14(15)18/h5-6H,4,7H2,1-3H3. The molecule has 5 heteroatoms. The fourth-order valence-electron chi connectivity index (χ4n) is 2.16. The topological polar surface area (TPSA) is 63.7 Å². The van der Waals surface area contributed by atoms with Gasteiger partial charge < -0.3 is 4.74 Å². The van der Waals surface area contributed by atoms with E-state index in [2.05, 4.69) is 0 Å². The SMILES string of the molecule is CCOC(=O)CN1C(=O)C(=O)c2ccc(C)c(C)c21. The monoisotopic (exact) mass is 261 g/mol. The average Bonchev–Trinajstić information content (AvgIpc) is 2.60. The van der Waals surface area contributed by atoms with Crippen molar-refractivity contribution >= 4 is 23.3 Å². The van der Waals surface area contributed by atoms with Crippen molar-refractivity contribution in [3.8, 4) is 0 Å². The van der Waals surface area contributed by atoms with Gasteiger partial charge in [-0.3, -0.25) is 19.3 Å². The highest BCUT2D eigenvalue weighted by atomic mass is 16.5. The Labute approximate surface area is 111 Å². The molecule has 0 aliphatic carbocycles. The quantitative estimate of drug-likeness (QED) is 0.609. The first kappa shape index (κ1) is 13.3. The first-order valence-corrected chi connectivity index (χ1v) is 6.09. The van der Waals surface area contributed by atoms with Gasteiger partial charge in [-0.1, -0.05) is 6.07 Å². The third kappa shape index (κ3) is 2.12. The van der Waals surface area contributed by atoms with Crippen LogP contribution in [0.25, 0.3) is 0 Å². The van der Waals surface area contributed by atoms with E-state index in [4.69, 9.17) is 4.74 Å². The Bertz CT molecular complexity index is 577. The van der Waals surface area contributed by atoms with Crippen molar-refractivity contribution in [3.05, 3.63) is 28.8 Å². The van der Waals surface area contributed by atoms with Crippen LogP contribution in [0.15, 0.2) is 12.1 Å². The number of aryl methyl sites for hydroxylation is 1. The zero-order valence-electron chi connectivity index (χ0n) is 11.1. The molecule has 1 aromatic rings. The summed E-state index contributed by atoms with van der Waals surface area (Å²) < 4.78 is 4.83. The van der Waals surface area contributed by atoms with Gasteiger partial charge in [-0.15, -0.1) is 0 Å². The Morgan fingerprint density at radius 2 is 1.95 bits per heavy atom. The van der Waals surface area contributed by atoms with Crippen LogP contribution in [0.3, 0.4) is 0 Å². The number of ether oxygens (including phenoxy) is 1. The lowest BCUT2D eigenvalue weighted by molar-refractivity contribution is -0.142. The van der Waals surface area contributed by atoms with Crippen LogP contribution < -0.4 is 4.90 Å².